The van der Waals surface area contributed by atoms with Crippen molar-refractivity contribution in [2.24, 2.45) is 0 Å². The van der Waals surface area contributed by atoms with Gasteiger partial charge in [0.15, 0.2) is 0 Å². The molecule has 25 heavy (non-hydrogen) atoms. The molecule has 4 heteroatoms. The second kappa shape index (κ2) is 6.34. The van der Waals surface area contributed by atoms with Crippen LogP contribution in [0.3, 0.4) is 0 Å². The van der Waals surface area contributed by atoms with Crippen molar-refractivity contribution in [3.8, 4) is 11.1 Å². The van der Waals surface area contributed by atoms with Gasteiger partial charge in [-0.15, -0.1) is 10.2 Å². The Morgan fingerprint density at radius 2 is 1.44 bits per heavy atom. The molecule has 2 aliphatic rings. The van der Waals surface area contributed by atoms with E-state index in [1.54, 1.807) is 11.8 Å². The summed E-state index contributed by atoms with van der Waals surface area (Å²) in [6, 6.07) is 17.3. The molecule has 2 aromatic carbocycles. The fourth-order valence-corrected chi connectivity index (χ4v) is 5.21. The van der Waals surface area contributed by atoms with Gasteiger partial charge in [0.1, 0.15) is 0 Å². The van der Waals surface area contributed by atoms with Crippen LogP contribution in [0.4, 0.5) is 0 Å². The third kappa shape index (κ3) is 2.69. The highest BCUT2D eigenvalue weighted by atomic mass is 32.2. The number of rotatable bonds is 3. The molecule has 1 heterocycles. The zero-order valence-electron chi connectivity index (χ0n) is 14.0. The molecule has 0 aliphatic heterocycles. The molecular formula is C21H20N2OS. The van der Waals surface area contributed by atoms with Gasteiger partial charge in [-0.3, -0.25) is 0 Å². The molecule has 0 unspecified atom stereocenters. The van der Waals surface area contributed by atoms with Gasteiger partial charge >= 0.3 is 0 Å². The molecule has 0 N–H and O–H groups in total. The van der Waals surface area contributed by atoms with Gasteiger partial charge in [-0.1, -0.05) is 79.6 Å². The van der Waals surface area contributed by atoms with Crippen LogP contribution in [0.15, 0.2) is 58.2 Å². The van der Waals surface area contributed by atoms with Crippen LogP contribution in [-0.2, 0) is 0 Å². The highest BCUT2D eigenvalue weighted by molar-refractivity contribution is 7.99. The third-order valence-electron chi connectivity index (χ3n) is 5.37. The SMILES string of the molecule is c1ccc2c(c1)-c1ccccc1C2Sc1nnc(C2CCCCC2)o1. The lowest BCUT2D eigenvalue weighted by Gasteiger charge is -2.17. The Hall–Kier alpha value is -2.07. The summed E-state index contributed by atoms with van der Waals surface area (Å²) in [5, 5.41) is 9.62. The average Bonchev–Trinajstić information content (AvgIpc) is 3.27. The Labute approximate surface area is 151 Å². The molecule has 0 atom stereocenters. The maximum atomic E-state index is 6.06. The number of nitrogens with zero attached hydrogens (tertiary/aromatic N) is 2. The van der Waals surface area contributed by atoms with Crippen LogP contribution >= 0.6 is 11.8 Å². The van der Waals surface area contributed by atoms with Gasteiger partial charge in [0.2, 0.25) is 5.89 Å². The first kappa shape index (κ1) is 15.2. The van der Waals surface area contributed by atoms with Crippen LogP contribution < -0.4 is 0 Å². The van der Waals surface area contributed by atoms with Crippen molar-refractivity contribution in [1.29, 1.82) is 0 Å². The fraction of sp³-hybridized carbons (Fsp3) is 0.333. The van der Waals surface area contributed by atoms with E-state index < -0.39 is 0 Å². The summed E-state index contributed by atoms with van der Waals surface area (Å²) in [6.07, 6.45) is 6.25. The van der Waals surface area contributed by atoms with Crippen LogP contribution in [0.5, 0.6) is 0 Å². The second-order valence-electron chi connectivity index (χ2n) is 6.91. The highest BCUT2D eigenvalue weighted by Gasteiger charge is 2.31. The predicted molar refractivity (Wildman–Crippen MR) is 99.7 cm³/mol. The Balaban J connectivity index is 1.45. The quantitative estimate of drug-likeness (QED) is 0.583. The topological polar surface area (TPSA) is 38.9 Å². The molecule has 0 spiro atoms. The summed E-state index contributed by atoms with van der Waals surface area (Å²) in [4.78, 5) is 0. The van der Waals surface area contributed by atoms with Gasteiger partial charge in [0.05, 0.1) is 5.25 Å². The van der Waals surface area contributed by atoms with E-state index in [1.165, 1.54) is 54.4 Å². The lowest BCUT2D eigenvalue weighted by Crippen LogP contribution is -2.04. The first-order chi connectivity index (χ1) is 12.4. The van der Waals surface area contributed by atoms with E-state index in [9.17, 15) is 0 Å². The van der Waals surface area contributed by atoms with Crippen LogP contribution in [0, 0.1) is 0 Å². The molecule has 1 saturated carbocycles. The van der Waals surface area contributed by atoms with Crippen molar-refractivity contribution in [2.75, 3.05) is 0 Å². The largest absolute Gasteiger partial charge is 0.416 e. The maximum absolute atomic E-state index is 6.06. The summed E-state index contributed by atoms with van der Waals surface area (Å²) in [5.74, 6) is 1.29. The van der Waals surface area contributed by atoms with Crippen molar-refractivity contribution in [3.63, 3.8) is 0 Å². The fourth-order valence-electron chi connectivity index (χ4n) is 4.12. The van der Waals surface area contributed by atoms with E-state index in [0.717, 1.165) is 5.89 Å². The summed E-state index contributed by atoms with van der Waals surface area (Å²) in [7, 11) is 0. The first-order valence-corrected chi connectivity index (χ1v) is 9.96. The maximum Gasteiger partial charge on any atom is 0.277 e. The van der Waals surface area contributed by atoms with Crippen LogP contribution in [0.25, 0.3) is 11.1 Å². The first-order valence-electron chi connectivity index (χ1n) is 9.08. The Morgan fingerprint density at radius 3 is 2.12 bits per heavy atom. The van der Waals surface area contributed by atoms with Crippen LogP contribution in [-0.4, -0.2) is 10.2 Å². The molecule has 5 rings (SSSR count). The van der Waals surface area contributed by atoms with Gasteiger partial charge in [0, 0.05) is 5.92 Å². The molecule has 0 saturated heterocycles. The zero-order chi connectivity index (χ0) is 16.6. The molecule has 0 amide bonds. The molecule has 1 aromatic heterocycles. The monoisotopic (exact) mass is 348 g/mol. The van der Waals surface area contributed by atoms with Crippen molar-refractivity contribution in [2.45, 2.75) is 48.5 Å². The molecule has 1 fully saturated rings. The summed E-state index contributed by atoms with van der Waals surface area (Å²) >= 11 is 1.68. The number of thioether (sulfide) groups is 1. The van der Waals surface area contributed by atoms with E-state index in [1.807, 2.05) is 0 Å². The molecule has 0 radical (unpaired) electrons. The molecular weight excluding hydrogens is 328 g/mol. The molecule has 126 valence electrons. The molecule has 2 aliphatic carbocycles. The van der Waals surface area contributed by atoms with E-state index in [4.69, 9.17) is 4.42 Å². The highest BCUT2D eigenvalue weighted by Crippen LogP contribution is 2.52. The number of benzene rings is 2. The summed E-state index contributed by atoms with van der Waals surface area (Å²) < 4.78 is 6.06. The normalized spacial score (nSPS) is 17.4. The minimum atomic E-state index is 0.229. The number of fused-ring (bicyclic) bond motifs is 3. The second-order valence-corrected chi connectivity index (χ2v) is 7.97. The van der Waals surface area contributed by atoms with Crippen LogP contribution in [0.2, 0.25) is 0 Å². The zero-order valence-corrected chi connectivity index (χ0v) is 14.8. The number of hydrogen-bond donors (Lipinski definition) is 0. The Bertz CT molecular complexity index is 853. The van der Waals surface area contributed by atoms with Crippen molar-refractivity contribution >= 4 is 11.8 Å². The van der Waals surface area contributed by atoms with E-state index in [-0.39, 0.29) is 5.25 Å². The standard InChI is InChI=1S/C21H20N2OS/c1-2-8-14(9-3-1)20-22-23-21(24-20)25-19-17-12-6-4-10-15(17)16-11-5-7-13-18(16)19/h4-7,10-14,19H,1-3,8-9H2. The van der Waals surface area contributed by atoms with E-state index in [0.29, 0.717) is 11.1 Å². The van der Waals surface area contributed by atoms with Gasteiger partial charge in [-0.05, 0) is 35.1 Å². The van der Waals surface area contributed by atoms with Gasteiger partial charge in [-0.25, -0.2) is 0 Å². The van der Waals surface area contributed by atoms with Crippen molar-refractivity contribution < 1.29 is 4.42 Å². The molecule has 3 aromatic rings. The van der Waals surface area contributed by atoms with Gasteiger partial charge in [0.25, 0.3) is 5.22 Å². The van der Waals surface area contributed by atoms with E-state index in [2.05, 4.69) is 58.7 Å². The van der Waals surface area contributed by atoms with E-state index >= 15 is 0 Å². The van der Waals surface area contributed by atoms with Crippen LogP contribution in [0.1, 0.15) is 60.3 Å². The summed E-state index contributed by atoms with van der Waals surface area (Å²) in [6.45, 7) is 0. The third-order valence-corrected chi connectivity index (χ3v) is 6.48. The minimum Gasteiger partial charge on any atom is -0.416 e. The predicted octanol–water partition coefficient (Wildman–Crippen LogP) is 5.98. The summed E-state index contributed by atoms with van der Waals surface area (Å²) in [5.41, 5.74) is 5.32. The Kier molecular flexibility index (Phi) is 3.86. The Morgan fingerprint density at radius 1 is 0.800 bits per heavy atom. The van der Waals surface area contributed by atoms with Gasteiger partial charge < -0.3 is 4.42 Å². The average molecular weight is 348 g/mol. The lowest BCUT2D eigenvalue weighted by atomic mass is 9.89. The number of hydrogen-bond acceptors (Lipinski definition) is 4. The smallest absolute Gasteiger partial charge is 0.277 e. The lowest BCUT2D eigenvalue weighted by molar-refractivity contribution is 0.334. The molecule has 3 nitrogen and oxygen atoms in total. The van der Waals surface area contributed by atoms with Crippen molar-refractivity contribution in [1.82, 2.24) is 10.2 Å². The van der Waals surface area contributed by atoms with Crippen molar-refractivity contribution in [3.05, 3.63) is 65.5 Å². The minimum absolute atomic E-state index is 0.229. The van der Waals surface area contributed by atoms with Gasteiger partial charge in [-0.2, -0.15) is 0 Å². The number of aromatic nitrogens is 2. The molecule has 0 bridgehead atoms.